The average Bonchev–Trinajstić information content (AvgIpc) is 2.33. The van der Waals surface area contributed by atoms with Crippen LogP contribution in [-0.4, -0.2) is 37.0 Å². The van der Waals surface area contributed by atoms with E-state index in [1.165, 1.54) is 6.42 Å². The van der Waals surface area contributed by atoms with Crippen LogP contribution in [0, 0.1) is 17.8 Å². The molecule has 2 aliphatic heterocycles. The van der Waals surface area contributed by atoms with E-state index in [2.05, 4.69) is 24.1 Å². The van der Waals surface area contributed by atoms with Crippen LogP contribution in [-0.2, 0) is 4.79 Å². The van der Waals surface area contributed by atoms with E-state index in [-0.39, 0.29) is 5.92 Å². The number of piperidine rings is 2. The van der Waals surface area contributed by atoms with Crippen molar-refractivity contribution in [3.05, 3.63) is 0 Å². The number of hydrogen-bond donors (Lipinski definition) is 1. The van der Waals surface area contributed by atoms with Gasteiger partial charge in [-0.05, 0) is 37.6 Å². The minimum atomic E-state index is 0.245. The van der Waals surface area contributed by atoms with Crippen molar-refractivity contribution >= 4 is 5.91 Å². The third-order valence-electron chi connectivity index (χ3n) is 4.29. The molecule has 0 aliphatic carbocycles. The molecule has 3 nitrogen and oxygen atoms in total. The first-order chi connectivity index (χ1) is 7.68. The van der Waals surface area contributed by atoms with Gasteiger partial charge in [0.25, 0.3) is 0 Å². The summed E-state index contributed by atoms with van der Waals surface area (Å²) in [5.74, 6) is 2.07. The zero-order valence-corrected chi connectivity index (χ0v) is 10.5. The van der Waals surface area contributed by atoms with Gasteiger partial charge in [0.15, 0.2) is 0 Å². The summed E-state index contributed by atoms with van der Waals surface area (Å²) in [6.45, 7) is 8.48. The first kappa shape index (κ1) is 11.9. The Morgan fingerprint density at radius 2 is 2.06 bits per heavy atom. The van der Waals surface area contributed by atoms with Crippen molar-refractivity contribution in [2.45, 2.75) is 33.1 Å². The predicted molar refractivity (Wildman–Crippen MR) is 65.1 cm³/mol. The first-order valence-electron chi connectivity index (χ1n) is 6.68. The van der Waals surface area contributed by atoms with Gasteiger partial charge in [-0.15, -0.1) is 0 Å². The van der Waals surface area contributed by atoms with E-state index in [0.717, 1.165) is 44.9 Å². The molecule has 2 fully saturated rings. The highest BCUT2D eigenvalue weighted by molar-refractivity contribution is 5.79. The molecule has 0 bridgehead atoms. The zero-order chi connectivity index (χ0) is 11.5. The average molecular weight is 224 g/mol. The van der Waals surface area contributed by atoms with E-state index in [4.69, 9.17) is 0 Å². The monoisotopic (exact) mass is 224 g/mol. The second-order valence-electron chi connectivity index (χ2n) is 5.57. The van der Waals surface area contributed by atoms with Crippen molar-refractivity contribution in [2.24, 2.45) is 17.8 Å². The number of carbonyl (C=O) groups excluding carboxylic acids is 1. The Morgan fingerprint density at radius 1 is 1.25 bits per heavy atom. The van der Waals surface area contributed by atoms with Crippen molar-refractivity contribution in [1.29, 1.82) is 0 Å². The molecule has 1 amide bonds. The highest BCUT2D eigenvalue weighted by Crippen LogP contribution is 2.24. The molecule has 0 aromatic rings. The molecule has 0 aromatic heterocycles. The molecule has 2 unspecified atom stereocenters. The smallest absolute Gasteiger partial charge is 0.226 e. The van der Waals surface area contributed by atoms with Crippen LogP contribution in [0.1, 0.15) is 33.1 Å². The third-order valence-corrected chi connectivity index (χ3v) is 4.29. The maximum atomic E-state index is 12.3. The van der Waals surface area contributed by atoms with Gasteiger partial charge >= 0.3 is 0 Å². The first-order valence-corrected chi connectivity index (χ1v) is 6.68. The van der Waals surface area contributed by atoms with Gasteiger partial charge in [0, 0.05) is 19.6 Å². The van der Waals surface area contributed by atoms with Crippen molar-refractivity contribution < 1.29 is 4.79 Å². The highest BCUT2D eigenvalue weighted by atomic mass is 16.2. The molecule has 2 aliphatic rings. The summed E-state index contributed by atoms with van der Waals surface area (Å²) >= 11 is 0. The van der Waals surface area contributed by atoms with Crippen LogP contribution >= 0.6 is 0 Å². The SMILES string of the molecule is CC1CCN(C(=O)[C@H]2CCCNC2)CC1C. The fourth-order valence-corrected chi connectivity index (χ4v) is 2.78. The van der Waals surface area contributed by atoms with Gasteiger partial charge in [0.05, 0.1) is 5.92 Å². The Kier molecular flexibility index (Phi) is 3.85. The number of hydrogen-bond acceptors (Lipinski definition) is 2. The summed E-state index contributed by atoms with van der Waals surface area (Å²) in [6.07, 6.45) is 3.40. The molecule has 92 valence electrons. The highest BCUT2D eigenvalue weighted by Gasteiger charge is 2.30. The Morgan fingerprint density at radius 3 is 2.69 bits per heavy atom. The fourth-order valence-electron chi connectivity index (χ4n) is 2.78. The molecular formula is C13H24N2O. The minimum Gasteiger partial charge on any atom is -0.342 e. The number of nitrogens with zero attached hydrogens (tertiary/aromatic N) is 1. The van der Waals surface area contributed by atoms with Gasteiger partial charge in [-0.25, -0.2) is 0 Å². The van der Waals surface area contributed by atoms with Crippen LogP contribution < -0.4 is 5.32 Å². The standard InChI is InChI=1S/C13H24N2O/c1-10-5-7-15(9-11(10)2)13(16)12-4-3-6-14-8-12/h10-12,14H,3-9H2,1-2H3/t10?,11?,12-/m0/s1. The second-order valence-corrected chi connectivity index (χ2v) is 5.57. The Labute approximate surface area is 98.6 Å². The van der Waals surface area contributed by atoms with Crippen LogP contribution in [0.5, 0.6) is 0 Å². The number of amides is 1. The lowest BCUT2D eigenvalue weighted by Crippen LogP contribution is -2.48. The summed E-state index contributed by atoms with van der Waals surface area (Å²) in [6, 6.07) is 0. The largest absolute Gasteiger partial charge is 0.342 e. The maximum Gasteiger partial charge on any atom is 0.226 e. The molecule has 2 heterocycles. The molecule has 0 radical (unpaired) electrons. The normalized spacial score (nSPS) is 36.1. The van der Waals surface area contributed by atoms with E-state index < -0.39 is 0 Å². The molecule has 2 rings (SSSR count). The zero-order valence-electron chi connectivity index (χ0n) is 10.5. The quantitative estimate of drug-likeness (QED) is 0.732. The Hall–Kier alpha value is -0.570. The lowest BCUT2D eigenvalue weighted by Gasteiger charge is -2.37. The number of carbonyl (C=O) groups is 1. The molecule has 0 aromatic carbocycles. The predicted octanol–water partition coefficient (Wildman–Crippen LogP) is 1.49. The lowest BCUT2D eigenvalue weighted by atomic mass is 9.87. The molecule has 2 saturated heterocycles. The Bertz CT molecular complexity index is 248. The summed E-state index contributed by atoms with van der Waals surface area (Å²) in [4.78, 5) is 14.4. The van der Waals surface area contributed by atoms with Crippen molar-refractivity contribution in [1.82, 2.24) is 10.2 Å². The molecule has 1 N–H and O–H groups in total. The minimum absolute atomic E-state index is 0.245. The van der Waals surface area contributed by atoms with E-state index in [0.29, 0.717) is 11.8 Å². The van der Waals surface area contributed by atoms with E-state index in [1.54, 1.807) is 0 Å². The summed E-state index contributed by atoms with van der Waals surface area (Å²) in [5, 5.41) is 3.33. The van der Waals surface area contributed by atoms with Crippen LogP contribution in [0.2, 0.25) is 0 Å². The van der Waals surface area contributed by atoms with Crippen LogP contribution in [0.4, 0.5) is 0 Å². The van der Waals surface area contributed by atoms with Crippen LogP contribution in [0.15, 0.2) is 0 Å². The van der Waals surface area contributed by atoms with Crippen molar-refractivity contribution in [3.8, 4) is 0 Å². The second kappa shape index (κ2) is 5.17. The molecule has 3 atom stereocenters. The molecule has 0 spiro atoms. The van der Waals surface area contributed by atoms with Crippen molar-refractivity contribution in [2.75, 3.05) is 26.2 Å². The van der Waals surface area contributed by atoms with Gasteiger partial charge in [-0.3, -0.25) is 4.79 Å². The van der Waals surface area contributed by atoms with Crippen LogP contribution in [0.25, 0.3) is 0 Å². The van der Waals surface area contributed by atoms with Gasteiger partial charge in [0.1, 0.15) is 0 Å². The van der Waals surface area contributed by atoms with E-state index in [1.807, 2.05) is 0 Å². The summed E-state index contributed by atoms with van der Waals surface area (Å²) in [5.41, 5.74) is 0. The lowest BCUT2D eigenvalue weighted by molar-refractivity contribution is -0.138. The van der Waals surface area contributed by atoms with Gasteiger partial charge in [-0.1, -0.05) is 13.8 Å². The number of likely N-dealkylation sites (tertiary alicyclic amines) is 1. The van der Waals surface area contributed by atoms with Gasteiger partial charge < -0.3 is 10.2 Å². The molecule has 16 heavy (non-hydrogen) atoms. The van der Waals surface area contributed by atoms with E-state index >= 15 is 0 Å². The number of nitrogens with one attached hydrogen (secondary N) is 1. The van der Waals surface area contributed by atoms with Crippen LogP contribution in [0.3, 0.4) is 0 Å². The topological polar surface area (TPSA) is 32.3 Å². The van der Waals surface area contributed by atoms with Crippen molar-refractivity contribution in [3.63, 3.8) is 0 Å². The number of rotatable bonds is 1. The molecule has 0 saturated carbocycles. The van der Waals surface area contributed by atoms with Gasteiger partial charge in [0.2, 0.25) is 5.91 Å². The third kappa shape index (κ3) is 2.57. The molecule has 3 heteroatoms. The Balaban J connectivity index is 1.89. The fraction of sp³-hybridized carbons (Fsp3) is 0.923. The summed E-state index contributed by atoms with van der Waals surface area (Å²) in [7, 11) is 0. The van der Waals surface area contributed by atoms with E-state index in [9.17, 15) is 4.79 Å². The molecular weight excluding hydrogens is 200 g/mol. The maximum absolute atomic E-state index is 12.3. The summed E-state index contributed by atoms with van der Waals surface area (Å²) < 4.78 is 0. The van der Waals surface area contributed by atoms with Gasteiger partial charge in [-0.2, -0.15) is 0 Å².